The zero-order valence-electron chi connectivity index (χ0n) is 7.97. The normalized spacial score (nSPS) is 34.8. The first-order chi connectivity index (χ1) is 5.86. The van der Waals surface area contributed by atoms with Gasteiger partial charge in [-0.25, -0.2) is 0 Å². The van der Waals surface area contributed by atoms with Crippen LogP contribution in [0.3, 0.4) is 0 Å². The van der Waals surface area contributed by atoms with Crippen molar-refractivity contribution in [3.8, 4) is 0 Å². The highest BCUT2D eigenvalue weighted by atomic mass is 15.0. The molecule has 2 aliphatic rings. The van der Waals surface area contributed by atoms with Crippen molar-refractivity contribution >= 4 is 0 Å². The first-order valence-electron chi connectivity index (χ1n) is 5.27. The van der Waals surface area contributed by atoms with E-state index < -0.39 is 0 Å². The van der Waals surface area contributed by atoms with E-state index in [1.165, 1.54) is 39.0 Å². The third-order valence-corrected chi connectivity index (χ3v) is 3.28. The lowest BCUT2D eigenvalue weighted by atomic mass is 10.00. The number of hydrogen-bond donors (Lipinski definition) is 2. The third-order valence-electron chi connectivity index (χ3n) is 3.28. The highest BCUT2D eigenvalue weighted by Crippen LogP contribution is 2.36. The lowest BCUT2D eigenvalue weighted by Gasteiger charge is -2.26. The van der Waals surface area contributed by atoms with Crippen LogP contribution in [0.25, 0.3) is 0 Å². The third kappa shape index (κ3) is 2.20. The molecule has 0 aromatic heterocycles. The monoisotopic (exact) mass is 168 g/mol. The average Bonchev–Trinajstić information content (AvgIpc) is 2.62. The van der Waals surface area contributed by atoms with Gasteiger partial charge >= 0.3 is 0 Å². The van der Waals surface area contributed by atoms with E-state index in [1.54, 1.807) is 0 Å². The summed E-state index contributed by atoms with van der Waals surface area (Å²) < 4.78 is 0. The summed E-state index contributed by atoms with van der Waals surface area (Å²) in [6.07, 6.45) is 2.83. The molecule has 1 aliphatic heterocycles. The molecule has 70 valence electrons. The molecular weight excluding hydrogens is 148 g/mol. The number of rotatable bonds is 5. The molecule has 1 aliphatic carbocycles. The Morgan fingerprint density at radius 3 is 2.67 bits per heavy atom. The standard InChI is InChI=1S/C10H20N2/c1-8-4-10(8)7-11-3-2-9-5-12-6-9/h8-12H,2-7H2,1H3. The fraction of sp³-hybridized carbons (Fsp3) is 1.00. The van der Waals surface area contributed by atoms with Crippen molar-refractivity contribution in [1.29, 1.82) is 0 Å². The molecule has 2 rings (SSSR count). The zero-order valence-corrected chi connectivity index (χ0v) is 7.97. The molecule has 0 aromatic carbocycles. The van der Waals surface area contributed by atoms with E-state index in [9.17, 15) is 0 Å². The van der Waals surface area contributed by atoms with Crippen LogP contribution in [0, 0.1) is 17.8 Å². The molecule has 0 bridgehead atoms. The van der Waals surface area contributed by atoms with Crippen LogP contribution in [0.15, 0.2) is 0 Å². The van der Waals surface area contributed by atoms with Gasteiger partial charge in [-0.2, -0.15) is 0 Å². The summed E-state index contributed by atoms with van der Waals surface area (Å²) in [5.41, 5.74) is 0. The van der Waals surface area contributed by atoms with Crippen molar-refractivity contribution in [2.45, 2.75) is 19.8 Å². The largest absolute Gasteiger partial charge is 0.316 e. The van der Waals surface area contributed by atoms with E-state index >= 15 is 0 Å². The summed E-state index contributed by atoms with van der Waals surface area (Å²) >= 11 is 0. The minimum absolute atomic E-state index is 0.967. The Balaban J connectivity index is 1.41. The van der Waals surface area contributed by atoms with Crippen LogP contribution in [0.2, 0.25) is 0 Å². The lowest BCUT2D eigenvalue weighted by molar-refractivity contribution is 0.321. The number of hydrogen-bond acceptors (Lipinski definition) is 2. The van der Waals surface area contributed by atoms with Crippen molar-refractivity contribution in [2.24, 2.45) is 17.8 Å². The highest BCUT2D eigenvalue weighted by molar-refractivity contribution is 4.84. The topological polar surface area (TPSA) is 24.1 Å². The Kier molecular flexibility index (Phi) is 2.66. The summed E-state index contributed by atoms with van der Waals surface area (Å²) in [6.45, 7) is 7.35. The van der Waals surface area contributed by atoms with E-state index in [4.69, 9.17) is 0 Å². The Hall–Kier alpha value is -0.0800. The van der Waals surface area contributed by atoms with Crippen molar-refractivity contribution < 1.29 is 0 Å². The summed E-state index contributed by atoms with van der Waals surface area (Å²) in [7, 11) is 0. The Labute approximate surface area is 75.1 Å². The van der Waals surface area contributed by atoms with Crippen molar-refractivity contribution in [3.05, 3.63) is 0 Å². The summed E-state index contributed by atoms with van der Waals surface area (Å²) in [5, 5.41) is 6.85. The molecule has 12 heavy (non-hydrogen) atoms. The summed E-state index contributed by atoms with van der Waals surface area (Å²) in [5.74, 6) is 2.97. The smallest absolute Gasteiger partial charge is 0.000778 e. The Morgan fingerprint density at radius 2 is 2.17 bits per heavy atom. The molecule has 1 saturated heterocycles. The Morgan fingerprint density at radius 1 is 1.42 bits per heavy atom. The first kappa shape index (κ1) is 8.52. The molecule has 1 heterocycles. The molecule has 2 fully saturated rings. The van der Waals surface area contributed by atoms with Gasteiger partial charge in [-0.05, 0) is 56.8 Å². The first-order valence-corrected chi connectivity index (χ1v) is 5.27. The van der Waals surface area contributed by atoms with Crippen molar-refractivity contribution in [1.82, 2.24) is 10.6 Å². The molecule has 2 atom stereocenters. The van der Waals surface area contributed by atoms with Gasteiger partial charge in [-0.3, -0.25) is 0 Å². The quantitative estimate of drug-likeness (QED) is 0.594. The van der Waals surface area contributed by atoms with E-state index in [1.807, 2.05) is 0 Å². The molecule has 0 spiro atoms. The van der Waals surface area contributed by atoms with Gasteiger partial charge in [0, 0.05) is 0 Å². The van der Waals surface area contributed by atoms with Crippen LogP contribution in [-0.4, -0.2) is 26.2 Å². The maximum absolute atomic E-state index is 3.55. The Bertz CT molecular complexity index is 136. The predicted molar refractivity (Wildman–Crippen MR) is 51.1 cm³/mol. The minimum Gasteiger partial charge on any atom is -0.316 e. The number of nitrogens with one attached hydrogen (secondary N) is 2. The minimum atomic E-state index is 0.967. The van der Waals surface area contributed by atoms with Gasteiger partial charge in [0.05, 0.1) is 0 Å². The van der Waals surface area contributed by atoms with Crippen LogP contribution >= 0.6 is 0 Å². The SMILES string of the molecule is CC1CC1CNCCC1CNC1. The predicted octanol–water partition coefficient (Wildman–Crippen LogP) is 0.842. The van der Waals surface area contributed by atoms with Crippen LogP contribution in [0.4, 0.5) is 0 Å². The molecule has 0 radical (unpaired) electrons. The van der Waals surface area contributed by atoms with Crippen molar-refractivity contribution in [3.63, 3.8) is 0 Å². The van der Waals surface area contributed by atoms with Gasteiger partial charge in [0.25, 0.3) is 0 Å². The van der Waals surface area contributed by atoms with Gasteiger partial charge < -0.3 is 10.6 Å². The van der Waals surface area contributed by atoms with Gasteiger partial charge in [-0.15, -0.1) is 0 Å². The lowest BCUT2D eigenvalue weighted by Crippen LogP contribution is -2.43. The van der Waals surface area contributed by atoms with Crippen molar-refractivity contribution in [2.75, 3.05) is 26.2 Å². The second-order valence-corrected chi connectivity index (χ2v) is 4.49. The van der Waals surface area contributed by atoms with Crippen LogP contribution < -0.4 is 10.6 Å². The molecule has 2 unspecified atom stereocenters. The van der Waals surface area contributed by atoms with Crippen LogP contribution in [0.1, 0.15) is 19.8 Å². The second kappa shape index (κ2) is 3.75. The molecule has 2 heteroatoms. The highest BCUT2D eigenvalue weighted by Gasteiger charge is 2.31. The molecule has 1 saturated carbocycles. The molecule has 0 aromatic rings. The second-order valence-electron chi connectivity index (χ2n) is 4.49. The van der Waals surface area contributed by atoms with E-state index in [-0.39, 0.29) is 0 Å². The summed E-state index contributed by atoms with van der Waals surface area (Å²) in [4.78, 5) is 0. The fourth-order valence-electron chi connectivity index (χ4n) is 1.83. The van der Waals surface area contributed by atoms with Gasteiger partial charge in [0.15, 0.2) is 0 Å². The maximum Gasteiger partial charge on any atom is -0.000778 e. The van der Waals surface area contributed by atoms with Crippen LogP contribution in [-0.2, 0) is 0 Å². The van der Waals surface area contributed by atoms with Gasteiger partial charge in [0.2, 0.25) is 0 Å². The van der Waals surface area contributed by atoms with E-state index in [0.717, 1.165) is 17.8 Å². The molecule has 2 nitrogen and oxygen atoms in total. The summed E-state index contributed by atoms with van der Waals surface area (Å²) in [6, 6.07) is 0. The fourth-order valence-corrected chi connectivity index (χ4v) is 1.83. The van der Waals surface area contributed by atoms with Gasteiger partial charge in [-0.1, -0.05) is 6.92 Å². The van der Waals surface area contributed by atoms with E-state index in [2.05, 4.69) is 17.6 Å². The van der Waals surface area contributed by atoms with Gasteiger partial charge in [0.1, 0.15) is 0 Å². The molecule has 2 N–H and O–H groups in total. The van der Waals surface area contributed by atoms with Crippen LogP contribution in [0.5, 0.6) is 0 Å². The van der Waals surface area contributed by atoms with E-state index in [0.29, 0.717) is 0 Å². The maximum atomic E-state index is 3.55. The average molecular weight is 168 g/mol. The zero-order chi connectivity index (χ0) is 8.39. The molecular formula is C10H20N2. The molecule has 0 amide bonds.